The topological polar surface area (TPSA) is 70.0 Å². The molecule has 0 atom stereocenters. The van der Waals surface area contributed by atoms with Gasteiger partial charge in [-0.1, -0.05) is 17.7 Å². The van der Waals surface area contributed by atoms with E-state index in [1.54, 1.807) is 0 Å². The molecule has 0 saturated carbocycles. The van der Waals surface area contributed by atoms with E-state index in [4.69, 9.17) is 16.7 Å². The van der Waals surface area contributed by atoms with Crippen molar-refractivity contribution in [2.24, 2.45) is 5.10 Å². The lowest BCUT2D eigenvalue weighted by Crippen LogP contribution is -2.34. The summed E-state index contributed by atoms with van der Waals surface area (Å²) in [5, 5.41) is 13.2. The maximum absolute atomic E-state index is 13.6. The van der Waals surface area contributed by atoms with Crippen LogP contribution in [0.25, 0.3) is 0 Å². The van der Waals surface area contributed by atoms with E-state index in [0.717, 1.165) is 6.07 Å². The number of halogens is 2. The Morgan fingerprint density at radius 2 is 2.17 bits per heavy atom. The molecule has 7 heteroatoms. The first-order valence-electron chi connectivity index (χ1n) is 5.08. The van der Waals surface area contributed by atoms with Gasteiger partial charge in [-0.15, -0.1) is 0 Å². The maximum Gasteiger partial charge on any atom is 0.352 e. The molecule has 0 aliphatic carbocycles. The van der Waals surface area contributed by atoms with Crippen LogP contribution in [0, 0.1) is 5.82 Å². The summed E-state index contributed by atoms with van der Waals surface area (Å²) >= 11 is 5.80. The highest BCUT2D eigenvalue weighted by atomic mass is 35.5. The van der Waals surface area contributed by atoms with Gasteiger partial charge in [-0.3, -0.25) is 4.79 Å². The van der Waals surface area contributed by atoms with Crippen LogP contribution in [0.2, 0.25) is 5.02 Å². The first-order chi connectivity index (χ1) is 8.50. The molecule has 0 unspecified atom stereocenters. The molecule has 5 nitrogen and oxygen atoms in total. The van der Waals surface area contributed by atoms with Crippen molar-refractivity contribution >= 4 is 34.9 Å². The second kappa shape index (κ2) is 4.73. The van der Waals surface area contributed by atoms with E-state index in [1.807, 2.05) is 0 Å². The van der Waals surface area contributed by atoms with E-state index in [9.17, 15) is 14.0 Å². The summed E-state index contributed by atoms with van der Waals surface area (Å²) in [6.07, 6.45) is -0.0213. The number of benzene rings is 1. The van der Waals surface area contributed by atoms with Crippen LogP contribution in [0.4, 0.5) is 10.1 Å². The van der Waals surface area contributed by atoms with Gasteiger partial charge in [-0.05, 0) is 12.1 Å². The Morgan fingerprint density at radius 1 is 1.44 bits per heavy atom. The molecular formula is C11H8ClFN2O3. The molecule has 1 amide bonds. The van der Waals surface area contributed by atoms with Gasteiger partial charge < -0.3 is 5.11 Å². The van der Waals surface area contributed by atoms with Crippen molar-refractivity contribution in [1.29, 1.82) is 0 Å². The van der Waals surface area contributed by atoms with Crippen LogP contribution < -0.4 is 5.01 Å². The summed E-state index contributed by atoms with van der Waals surface area (Å²) in [5.41, 5.74) is -0.420. The number of rotatable bonds is 2. The minimum atomic E-state index is -1.24. The summed E-state index contributed by atoms with van der Waals surface area (Å²) in [7, 11) is 0. The normalized spacial score (nSPS) is 15.6. The number of carboxylic acid groups (broad SMARTS) is 1. The second-order valence-corrected chi connectivity index (χ2v) is 4.03. The van der Waals surface area contributed by atoms with Gasteiger partial charge in [0.25, 0.3) is 0 Å². The predicted octanol–water partition coefficient (Wildman–Crippen LogP) is 2.05. The highest BCUT2D eigenvalue weighted by Gasteiger charge is 2.28. The number of anilines is 1. The third-order valence-corrected chi connectivity index (χ3v) is 2.73. The highest BCUT2D eigenvalue weighted by Crippen LogP contribution is 2.31. The molecule has 1 aromatic rings. The summed E-state index contributed by atoms with van der Waals surface area (Å²) in [6, 6.07) is 3.91. The molecule has 0 radical (unpaired) electrons. The molecule has 1 aromatic carbocycles. The van der Waals surface area contributed by atoms with Crippen molar-refractivity contribution in [1.82, 2.24) is 0 Å². The van der Waals surface area contributed by atoms with Gasteiger partial charge in [0, 0.05) is 12.8 Å². The van der Waals surface area contributed by atoms with E-state index >= 15 is 0 Å². The lowest BCUT2D eigenvalue weighted by molar-refractivity contribution is -0.129. The highest BCUT2D eigenvalue weighted by molar-refractivity contribution is 6.38. The second-order valence-electron chi connectivity index (χ2n) is 3.63. The van der Waals surface area contributed by atoms with Gasteiger partial charge in [0.05, 0.1) is 5.02 Å². The van der Waals surface area contributed by atoms with Crippen LogP contribution in [0.15, 0.2) is 23.3 Å². The smallest absolute Gasteiger partial charge is 0.352 e. The van der Waals surface area contributed by atoms with E-state index in [0.29, 0.717) is 5.01 Å². The third kappa shape index (κ3) is 2.19. The number of amides is 1. The minimum Gasteiger partial charge on any atom is -0.477 e. The molecular weight excluding hydrogens is 263 g/mol. The van der Waals surface area contributed by atoms with Crippen molar-refractivity contribution < 1.29 is 19.1 Å². The maximum atomic E-state index is 13.6. The molecule has 1 aliphatic heterocycles. The minimum absolute atomic E-state index is 0.00117. The zero-order valence-corrected chi connectivity index (χ0v) is 9.82. The fraction of sp³-hybridized carbons (Fsp3) is 0.182. The monoisotopic (exact) mass is 270 g/mol. The van der Waals surface area contributed by atoms with Crippen molar-refractivity contribution in [2.75, 3.05) is 5.01 Å². The van der Waals surface area contributed by atoms with Gasteiger partial charge in [0.1, 0.15) is 11.4 Å². The first-order valence-corrected chi connectivity index (χ1v) is 5.46. The Balaban J connectivity index is 2.51. The van der Waals surface area contributed by atoms with Gasteiger partial charge in [-0.25, -0.2) is 9.18 Å². The van der Waals surface area contributed by atoms with Crippen LogP contribution in [0.5, 0.6) is 0 Å². The molecule has 1 heterocycles. The van der Waals surface area contributed by atoms with E-state index in [2.05, 4.69) is 5.10 Å². The Kier molecular flexibility index (Phi) is 3.29. The fourth-order valence-corrected chi connectivity index (χ4v) is 1.82. The molecule has 0 bridgehead atoms. The number of hydrazone groups is 1. The number of carbonyl (C=O) groups excluding carboxylic acids is 1. The molecule has 2 rings (SSSR count). The molecule has 18 heavy (non-hydrogen) atoms. The van der Waals surface area contributed by atoms with E-state index in [1.165, 1.54) is 12.1 Å². The van der Waals surface area contributed by atoms with Crippen LogP contribution in [0.3, 0.4) is 0 Å². The van der Waals surface area contributed by atoms with Crippen molar-refractivity contribution in [2.45, 2.75) is 12.8 Å². The van der Waals surface area contributed by atoms with E-state index in [-0.39, 0.29) is 29.3 Å². The summed E-state index contributed by atoms with van der Waals surface area (Å²) in [5.74, 6) is -2.46. The largest absolute Gasteiger partial charge is 0.477 e. The average Bonchev–Trinajstić information content (AvgIpc) is 2.30. The van der Waals surface area contributed by atoms with Gasteiger partial charge in [-0.2, -0.15) is 10.1 Å². The summed E-state index contributed by atoms with van der Waals surface area (Å²) < 4.78 is 13.6. The zero-order chi connectivity index (χ0) is 13.3. The lowest BCUT2D eigenvalue weighted by Gasteiger charge is -2.23. The summed E-state index contributed by atoms with van der Waals surface area (Å²) in [6.45, 7) is 0. The molecule has 0 saturated heterocycles. The number of carbonyl (C=O) groups is 2. The fourth-order valence-electron chi connectivity index (χ4n) is 1.57. The third-order valence-electron chi connectivity index (χ3n) is 2.43. The standard InChI is InChI=1S/C11H8ClFN2O3/c12-6-2-1-3-7(13)10(6)15-9(16)5-4-8(14-15)11(17)18/h1-3H,4-5H2,(H,17,18). The average molecular weight is 271 g/mol. The predicted molar refractivity (Wildman–Crippen MR) is 63.2 cm³/mol. The van der Waals surface area contributed by atoms with E-state index < -0.39 is 17.7 Å². The molecule has 0 fully saturated rings. The first kappa shape index (κ1) is 12.5. The van der Waals surface area contributed by atoms with Crippen molar-refractivity contribution in [3.63, 3.8) is 0 Å². The molecule has 1 aliphatic rings. The number of hydrogen-bond donors (Lipinski definition) is 1. The lowest BCUT2D eigenvalue weighted by atomic mass is 10.1. The number of hydrogen-bond acceptors (Lipinski definition) is 3. The van der Waals surface area contributed by atoms with Crippen molar-refractivity contribution in [3.05, 3.63) is 29.0 Å². The Bertz CT molecular complexity index is 539. The zero-order valence-electron chi connectivity index (χ0n) is 9.06. The Morgan fingerprint density at radius 3 is 2.78 bits per heavy atom. The SMILES string of the molecule is O=C(O)C1=NN(c2c(F)cccc2Cl)C(=O)CC1. The molecule has 0 spiro atoms. The van der Waals surface area contributed by atoms with Crippen LogP contribution in [0.1, 0.15) is 12.8 Å². The number of para-hydroxylation sites is 1. The van der Waals surface area contributed by atoms with Gasteiger partial charge in [0.2, 0.25) is 5.91 Å². The number of nitrogens with zero attached hydrogens (tertiary/aromatic N) is 2. The van der Waals surface area contributed by atoms with Crippen molar-refractivity contribution in [3.8, 4) is 0 Å². The Hall–Kier alpha value is -1.95. The number of aliphatic carboxylic acids is 1. The Labute approximate surface area is 106 Å². The molecule has 1 N–H and O–H groups in total. The number of carboxylic acids is 1. The summed E-state index contributed by atoms with van der Waals surface area (Å²) in [4.78, 5) is 22.5. The van der Waals surface area contributed by atoms with Crippen LogP contribution >= 0.6 is 11.6 Å². The quantitative estimate of drug-likeness (QED) is 0.894. The van der Waals surface area contributed by atoms with Crippen LogP contribution in [-0.2, 0) is 9.59 Å². The van der Waals surface area contributed by atoms with Gasteiger partial charge in [0.15, 0.2) is 5.82 Å². The van der Waals surface area contributed by atoms with Gasteiger partial charge >= 0.3 is 5.97 Å². The molecule has 94 valence electrons. The van der Waals surface area contributed by atoms with Crippen LogP contribution in [-0.4, -0.2) is 22.7 Å². The molecule has 0 aromatic heterocycles.